The van der Waals surface area contributed by atoms with E-state index in [1.54, 1.807) is 4.90 Å². The fourth-order valence-electron chi connectivity index (χ4n) is 3.94. The van der Waals surface area contributed by atoms with Gasteiger partial charge in [0.2, 0.25) is 17.7 Å². The lowest BCUT2D eigenvalue weighted by atomic mass is 9.88. The van der Waals surface area contributed by atoms with Crippen LogP contribution in [-0.4, -0.2) is 35.2 Å². The first kappa shape index (κ1) is 19.3. The second-order valence-corrected chi connectivity index (χ2v) is 7.38. The Morgan fingerprint density at radius 1 is 1.00 bits per heavy atom. The molecule has 6 nitrogen and oxygen atoms in total. The van der Waals surface area contributed by atoms with E-state index in [2.05, 4.69) is 10.6 Å². The molecule has 1 aromatic rings. The fourth-order valence-corrected chi connectivity index (χ4v) is 3.94. The first-order valence-electron chi connectivity index (χ1n) is 9.64. The summed E-state index contributed by atoms with van der Waals surface area (Å²) in [5.74, 6) is -1.22. The average molecular weight is 375 g/mol. The molecule has 0 bridgehead atoms. The monoisotopic (exact) mass is 375 g/mol. The third kappa shape index (κ3) is 4.64. The summed E-state index contributed by atoms with van der Waals surface area (Å²) in [6, 6.07) is 3.61. The van der Waals surface area contributed by atoms with E-state index < -0.39 is 11.9 Å². The van der Waals surface area contributed by atoms with E-state index in [4.69, 9.17) is 0 Å². The predicted molar refractivity (Wildman–Crippen MR) is 101 cm³/mol. The number of amides is 3. The summed E-state index contributed by atoms with van der Waals surface area (Å²) in [5, 5.41) is 5.40. The van der Waals surface area contributed by atoms with Gasteiger partial charge in [-0.15, -0.1) is 0 Å². The van der Waals surface area contributed by atoms with Gasteiger partial charge in [-0.1, -0.05) is 19.3 Å². The van der Waals surface area contributed by atoms with Crippen LogP contribution < -0.4 is 10.6 Å². The van der Waals surface area contributed by atoms with Gasteiger partial charge < -0.3 is 15.5 Å². The number of halogens is 1. The van der Waals surface area contributed by atoms with E-state index in [1.165, 1.54) is 25.1 Å². The van der Waals surface area contributed by atoms with Crippen molar-refractivity contribution in [3.8, 4) is 0 Å². The molecule has 2 aliphatic rings. The second-order valence-electron chi connectivity index (χ2n) is 7.38. The van der Waals surface area contributed by atoms with Crippen molar-refractivity contribution in [1.29, 1.82) is 0 Å². The number of anilines is 2. The zero-order valence-electron chi connectivity index (χ0n) is 15.6. The van der Waals surface area contributed by atoms with Gasteiger partial charge in [0.15, 0.2) is 0 Å². The normalized spacial score (nSPS) is 20.4. The van der Waals surface area contributed by atoms with Crippen molar-refractivity contribution in [3.63, 3.8) is 0 Å². The molecule has 1 aliphatic carbocycles. The highest BCUT2D eigenvalue weighted by atomic mass is 19.1. The molecule has 3 rings (SSSR count). The first-order chi connectivity index (χ1) is 13.0. The Morgan fingerprint density at radius 2 is 1.74 bits per heavy atom. The molecule has 1 aliphatic heterocycles. The Bertz CT molecular complexity index is 731. The largest absolute Gasteiger partial charge is 0.331 e. The Kier molecular flexibility index (Phi) is 6.08. The quantitative estimate of drug-likeness (QED) is 0.848. The van der Waals surface area contributed by atoms with Crippen LogP contribution in [0.25, 0.3) is 0 Å². The Morgan fingerprint density at radius 3 is 2.44 bits per heavy atom. The van der Waals surface area contributed by atoms with Crippen LogP contribution in [0.4, 0.5) is 15.8 Å². The van der Waals surface area contributed by atoms with Crippen LogP contribution >= 0.6 is 0 Å². The van der Waals surface area contributed by atoms with Crippen LogP contribution in [0.1, 0.15) is 51.9 Å². The fraction of sp³-hybridized carbons (Fsp3) is 0.550. The van der Waals surface area contributed by atoms with Crippen molar-refractivity contribution < 1.29 is 18.8 Å². The number of carbonyl (C=O) groups excluding carboxylic acids is 3. The van der Waals surface area contributed by atoms with Crippen molar-refractivity contribution in [2.75, 3.05) is 17.2 Å². The highest BCUT2D eigenvalue weighted by molar-refractivity contribution is 5.98. The maximum Gasteiger partial charge on any atom is 0.247 e. The van der Waals surface area contributed by atoms with Crippen LogP contribution in [0.5, 0.6) is 0 Å². The standard InChI is InChI=1S/C20H26FN3O3/c1-13(25)24-11-5-8-18(24)20(27)22-15-9-10-16(21)17(12-15)23-19(26)14-6-3-2-4-7-14/h9-10,12,14,18H,2-8,11H2,1H3,(H,22,27)(H,23,26). The third-order valence-electron chi connectivity index (χ3n) is 5.43. The van der Waals surface area contributed by atoms with Crippen LogP contribution in [0.3, 0.4) is 0 Å². The maximum atomic E-state index is 14.1. The van der Waals surface area contributed by atoms with Crippen molar-refractivity contribution in [2.45, 2.75) is 57.9 Å². The van der Waals surface area contributed by atoms with Gasteiger partial charge in [-0.3, -0.25) is 14.4 Å². The predicted octanol–water partition coefficient (Wildman–Crippen LogP) is 3.29. The molecule has 2 N–H and O–H groups in total. The molecular weight excluding hydrogens is 349 g/mol. The molecule has 2 fully saturated rings. The van der Waals surface area contributed by atoms with E-state index in [-0.39, 0.29) is 29.3 Å². The molecule has 1 saturated carbocycles. The van der Waals surface area contributed by atoms with Gasteiger partial charge in [-0.2, -0.15) is 0 Å². The number of nitrogens with one attached hydrogen (secondary N) is 2. The minimum Gasteiger partial charge on any atom is -0.331 e. The smallest absolute Gasteiger partial charge is 0.247 e. The van der Waals surface area contributed by atoms with E-state index in [0.717, 1.165) is 38.5 Å². The number of benzene rings is 1. The molecule has 3 amide bonds. The Hall–Kier alpha value is -2.44. The Labute approximate surface area is 158 Å². The van der Waals surface area contributed by atoms with E-state index in [1.807, 2.05) is 0 Å². The molecule has 1 aromatic carbocycles. The second kappa shape index (κ2) is 8.50. The van der Waals surface area contributed by atoms with Crippen molar-refractivity contribution >= 4 is 29.1 Å². The van der Waals surface area contributed by atoms with Crippen molar-refractivity contribution in [3.05, 3.63) is 24.0 Å². The van der Waals surface area contributed by atoms with Gasteiger partial charge in [-0.05, 0) is 43.9 Å². The number of hydrogen-bond donors (Lipinski definition) is 2. The minimum absolute atomic E-state index is 0.0678. The van der Waals surface area contributed by atoms with E-state index in [0.29, 0.717) is 18.7 Å². The van der Waals surface area contributed by atoms with Gasteiger partial charge in [0, 0.05) is 25.1 Å². The molecule has 146 valence electrons. The molecule has 1 heterocycles. The summed E-state index contributed by atoms with van der Waals surface area (Å²) in [5.41, 5.74) is 0.467. The lowest BCUT2D eigenvalue weighted by Crippen LogP contribution is -2.42. The molecule has 0 radical (unpaired) electrons. The molecule has 0 aromatic heterocycles. The summed E-state index contributed by atoms with van der Waals surface area (Å²) < 4.78 is 14.1. The number of carbonyl (C=O) groups is 3. The zero-order chi connectivity index (χ0) is 19.4. The van der Waals surface area contributed by atoms with Crippen LogP contribution in [0, 0.1) is 11.7 Å². The molecule has 1 saturated heterocycles. The molecular formula is C20H26FN3O3. The molecule has 7 heteroatoms. The molecule has 1 atom stereocenters. The number of nitrogens with zero attached hydrogens (tertiary/aromatic N) is 1. The number of likely N-dealkylation sites (tertiary alicyclic amines) is 1. The average Bonchev–Trinajstić information content (AvgIpc) is 3.15. The third-order valence-corrected chi connectivity index (χ3v) is 5.43. The topological polar surface area (TPSA) is 78.5 Å². The van der Waals surface area contributed by atoms with Gasteiger partial charge in [0.25, 0.3) is 0 Å². The lowest BCUT2D eigenvalue weighted by Gasteiger charge is -2.23. The SMILES string of the molecule is CC(=O)N1CCCC1C(=O)Nc1ccc(F)c(NC(=O)C2CCCCC2)c1. The summed E-state index contributed by atoms with van der Waals surface area (Å²) in [4.78, 5) is 38.1. The number of hydrogen-bond acceptors (Lipinski definition) is 3. The molecule has 27 heavy (non-hydrogen) atoms. The van der Waals surface area contributed by atoms with Gasteiger partial charge in [-0.25, -0.2) is 4.39 Å². The van der Waals surface area contributed by atoms with Gasteiger partial charge in [0.05, 0.1) is 5.69 Å². The van der Waals surface area contributed by atoms with Crippen LogP contribution in [0.15, 0.2) is 18.2 Å². The summed E-state index contributed by atoms with van der Waals surface area (Å²) in [6.45, 7) is 2.02. The summed E-state index contributed by atoms with van der Waals surface area (Å²) in [6.07, 6.45) is 6.22. The molecule has 1 unspecified atom stereocenters. The zero-order valence-corrected chi connectivity index (χ0v) is 15.6. The lowest BCUT2D eigenvalue weighted by molar-refractivity contribution is -0.134. The van der Waals surface area contributed by atoms with Crippen LogP contribution in [0.2, 0.25) is 0 Å². The highest BCUT2D eigenvalue weighted by Crippen LogP contribution is 2.27. The van der Waals surface area contributed by atoms with Crippen molar-refractivity contribution in [1.82, 2.24) is 4.90 Å². The van der Waals surface area contributed by atoms with Gasteiger partial charge >= 0.3 is 0 Å². The summed E-state index contributed by atoms with van der Waals surface area (Å²) >= 11 is 0. The minimum atomic E-state index is -0.539. The van der Waals surface area contributed by atoms with E-state index >= 15 is 0 Å². The van der Waals surface area contributed by atoms with E-state index in [9.17, 15) is 18.8 Å². The van der Waals surface area contributed by atoms with Crippen molar-refractivity contribution in [2.24, 2.45) is 5.92 Å². The molecule has 0 spiro atoms. The number of rotatable bonds is 4. The highest BCUT2D eigenvalue weighted by Gasteiger charge is 2.32. The summed E-state index contributed by atoms with van der Waals surface area (Å²) in [7, 11) is 0. The van der Waals surface area contributed by atoms with Crippen LogP contribution in [-0.2, 0) is 14.4 Å². The van der Waals surface area contributed by atoms with Gasteiger partial charge in [0.1, 0.15) is 11.9 Å². The maximum absolute atomic E-state index is 14.1. The Balaban J connectivity index is 1.66. The first-order valence-corrected chi connectivity index (χ1v) is 9.64.